The molecule has 0 aliphatic heterocycles. The molecule has 4 heteroatoms. The van der Waals surface area contributed by atoms with Crippen molar-refractivity contribution in [2.75, 3.05) is 20.3 Å². The van der Waals surface area contributed by atoms with Crippen LogP contribution in [0.3, 0.4) is 0 Å². The van der Waals surface area contributed by atoms with Crippen LogP contribution >= 0.6 is 0 Å². The molecule has 1 heterocycles. The number of nitrogens with one attached hydrogen (secondary N) is 1. The third kappa shape index (κ3) is 5.78. The van der Waals surface area contributed by atoms with Crippen molar-refractivity contribution in [3.8, 4) is 0 Å². The second kappa shape index (κ2) is 8.19. The highest BCUT2D eigenvalue weighted by Gasteiger charge is 1.95. The molecule has 0 amide bonds. The maximum Gasteiger partial charge on any atom is 0.141 e. The Morgan fingerprint density at radius 2 is 2.19 bits per heavy atom. The topological polar surface area (TPSA) is 34.1 Å². The number of halogens is 1. The summed E-state index contributed by atoms with van der Waals surface area (Å²) in [4.78, 5) is 3.79. The summed E-state index contributed by atoms with van der Waals surface area (Å²) in [5, 5.41) is 3.26. The van der Waals surface area contributed by atoms with Crippen LogP contribution in [0.25, 0.3) is 0 Å². The van der Waals surface area contributed by atoms with E-state index in [4.69, 9.17) is 4.74 Å². The van der Waals surface area contributed by atoms with E-state index in [9.17, 15) is 4.39 Å². The first-order valence-electron chi connectivity index (χ1n) is 5.62. The van der Waals surface area contributed by atoms with E-state index in [0.717, 1.165) is 38.0 Å². The summed E-state index contributed by atoms with van der Waals surface area (Å²) < 4.78 is 17.7. The molecule has 0 unspecified atom stereocenters. The molecule has 0 spiro atoms. The normalized spacial score (nSPS) is 10.6. The summed E-state index contributed by atoms with van der Waals surface area (Å²) in [6.45, 7) is 2.45. The van der Waals surface area contributed by atoms with Crippen molar-refractivity contribution in [2.45, 2.75) is 25.8 Å². The van der Waals surface area contributed by atoms with Gasteiger partial charge in [-0.05, 0) is 37.4 Å². The van der Waals surface area contributed by atoms with Crippen molar-refractivity contribution in [1.29, 1.82) is 0 Å². The second-order valence-electron chi connectivity index (χ2n) is 3.74. The smallest absolute Gasteiger partial charge is 0.141 e. The quantitative estimate of drug-likeness (QED) is 0.689. The van der Waals surface area contributed by atoms with Gasteiger partial charge in [-0.15, -0.1) is 0 Å². The Morgan fingerprint density at radius 1 is 1.31 bits per heavy atom. The number of nitrogens with zero attached hydrogens (tertiary/aromatic N) is 1. The maximum absolute atomic E-state index is 12.8. The fourth-order valence-electron chi connectivity index (χ4n) is 1.46. The lowest BCUT2D eigenvalue weighted by Crippen LogP contribution is -2.15. The molecular formula is C12H19FN2O. The first-order valence-corrected chi connectivity index (χ1v) is 5.62. The van der Waals surface area contributed by atoms with Crippen LogP contribution in [0.2, 0.25) is 0 Å². The number of hydrogen-bond donors (Lipinski definition) is 1. The van der Waals surface area contributed by atoms with Gasteiger partial charge in [0, 0.05) is 26.5 Å². The standard InChI is InChI=1S/C12H19FN2O/c1-16-6-4-2-3-5-14-8-11-7-12(13)10-15-9-11/h7,9-10,14H,2-6,8H2,1H3. The highest BCUT2D eigenvalue weighted by Crippen LogP contribution is 2.00. The average molecular weight is 226 g/mol. The van der Waals surface area contributed by atoms with E-state index in [-0.39, 0.29) is 5.82 Å². The fraction of sp³-hybridized carbons (Fsp3) is 0.583. The summed E-state index contributed by atoms with van der Waals surface area (Å²) in [7, 11) is 1.72. The maximum atomic E-state index is 12.8. The van der Waals surface area contributed by atoms with Crippen LogP contribution in [0.5, 0.6) is 0 Å². The Kier molecular flexibility index (Phi) is 6.69. The third-order valence-electron chi connectivity index (χ3n) is 2.29. The lowest BCUT2D eigenvalue weighted by molar-refractivity contribution is 0.192. The summed E-state index contributed by atoms with van der Waals surface area (Å²) in [5.74, 6) is -0.278. The van der Waals surface area contributed by atoms with Crippen molar-refractivity contribution < 1.29 is 9.13 Å². The Balaban J connectivity index is 2.03. The minimum absolute atomic E-state index is 0.278. The van der Waals surface area contributed by atoms with Gasteiger partial charge in [-0.2, -0.15) is 0 Å². The van der Waals surface area contributed by atoms with Crippen molar-refractivity contribution in [2.24, 2.45) is 0 Å². The number of rotatable bonds is 8. The van der Waals surface area contributed by atoms with Gasteiger partial charge in [0.1, 0.15) is 5.82 Å². The Bertz CT molecular complexity index is 294. The van der Waals surface area contributed by atoms with Gasteiger partial charge in [0.2, 0.25) is 0 Å². The average Bonchev–Trinajstić information content (AvgIpc) is 2.28. The van der Waals surface area contributed by atoms with Gasteiger partial charge < -0.3 is 10.1 Å². The van der Waals surface area contributed by atoms with E-state index < -0.39 is 0 Å². The minimum Gasteiger partial charge on any atom is -0.385 e. The predicted octanol–water partition coefficient (Wildman–Crippen LogP) is 2.13. The lowest BCUT2D eigenvalue weighted by Gasteiger charge is -2.04. The minimum atomic E-state index is -0.278. The molecule has 0 saturated carbocycles. The zero-order chi connectivity index (χ0) is 11.6. The zero-order valence-electron chi connectivity index (χ0n) is 9.71. The summed E-state index contributed by atoms with van der Waals surface area (Å²) in [6.07, 6.45) is 6.27. The molecular weight excluding hydrogens is 207 g/mol. The molecule has 1 aromatic rings. The van der Waals surface area contributed by atoms with E-state index in [2.05, 4.69) is 10.3 Å². The number of methoxy groups -OCH3 is 1. The van der Waals surface area contributed by atoms with Crippen molar-refractivity contribution in [3.63, 3.8) is 0 Å². The lowest BCUT2D eigenvalue weighted by atomic mass is 10.2. The highest BCUT2D eigenvalue weighted by atomic mass is 19.1. The van der Waals surface area contributed by atoms with Gasteiger partial charge in [-0.3, -0.25) is 4.98 Å². The van der Waals surface area contributed by atoms with Crippen molar-refractivity contribution in [3.05, 3.63) is 29.8 Å². The number of unbranched alkanes of at least 4 members (excludes halogenated alkanes) is 2. The molecule has 1 N–H and O–H groups in total. The van der Waals surface area contributed by atoms with E-state index in [1.807, 2.05) is 0 Å². The number of ether oxygens (including phenoxy) is 1. The van der Waals surface area contributed by atoms with Crippen LogP contribution in [-0.4, -0.2) is 25.2 Å². The molecule has 0 saturated heterocycles. The molecule has 0 aromatic carbocycles. The van der Waals surface area contributed by atoms with Crippen LogP contribution < -0.4 is 5.32 Å². The molecule has 0 aliphatic carbocycles. The number of hydrogen-bond acceptors (Lipinski definition) is 3. The summed E-state index contributed by atoms with van der Waals surface area (Å²) >= 11 is 0. The number of pyridine rings is 1. The van der Waals surface area contributed by atoms with Crippen LogP contribution in [0, 0.1) is 5.82 Å². The molecule has 16 heavy (non-hydrogen) atoms. The van der Waals surface area contributed by atoms with Crippen LogP contribution in [0.1, 0.15) is 24.8 Å². The van der Waals surface area contributed by atoms with E-state index >= 15 is 0 Å². The second-order valence-corrected chi connectivity index (χ2v) is 3.74. The largest absolute Gasteiger partial charge is 0.385 e. The van der Waals surface area contributed by atoms with Crippen LogP contribution in [-0.2, 0) is 11.3 Å². The van der Waals surface area contributed by atoms with Crippen LogP contribution in [0.15, 0.2) is 18.5 Å². The van der Waals surface area contributed by atoms with Gasteiger partial charge in [-0.1, -0.05) is 0 Å². The van der Waals surface area contributed by atoms with Gasteiger partial charge in [0.15, 0.2) is 0 Å². The summed E-state index contributed by atoms with van der Waals surface area (Å²) in [5.41, 5.74) is 0.886. The van der Waals surface area contributed by atoms with E-state index in [1.54, 1.807) is 13.3 Å². The highest BCUT2D eigenvalue weighted by molar-refractivity contribution is 5.09. The van der Waals surface area contributed by atoms with E-state index in [0.29, 0.717) is 6.54 Å². The molecule has 0 atom stereocenters. The fourth-order valence-corrected chi connectivity index (χ4v) is 1.46. The molecule has 0 fully saturated rings. The molecule has 1 aromatic heterocycles. The summed E-state index contributed by atoms with van der Waals surface area (Å²) in [6, 6.07) is 1.50. The SMILES string of the molecule is COCCCCCNCc1cncc(F)c1. The monoisotopic (exact) mass is 226 g/mol. The first kappa shape index (κ1) is 13.1. The predicted molar refractivity (Wildman–Crippen MR) is 61.6 cm³/mol. The Labute approximate surface area is 96.0 Å². The van der Waals surface area contributed by atoms with Crippen molar-refractivity contribution in [1.82, 2.24) is 10.3 Å². The molecule has 0 aliphatic rings. The Hall–Kier alpha value is -1.00. The van der Waals surface area contributed by atoms with Gasteiger partial charge in [0.05, 0.1) is 6.20 Å². The Morgan fingerprint density at radius 3 is 2.94 bits per heavy atom. The van der Waals surface area contributed by atoms with Gasteiger partial charge in [0.25, 0.3) is 0 Å². The number of aromatic nitrogens is 1. The van der Waals surface area contributed by atoms with Crippen LogP contribution in [0.4, 0.5) is 4.39 Å². The molecule has 0 radical (unpaired) electrons. The third-order valence-corrected chi connectivity index (χ3v) is 2.29. The first-order chi connectivity index (χ1) is 7.83. The molecule has 90 valence electrons. The molecule has 1 rings (SSSR count). The van der Waals surface area contributed by atoms with Gasteiger partial charge in [-0.25, -0.2) is 4.39 Å². The molecule has 0 bridgehead atoms. The van der Waals surface area contributed by atoms with Crippen molar-refractivity contribution >= 4 is 0 Å². The van der Waals surface area contributed by atoms with E-state index in [1.165, 1.54) is 12.3 Å². The zero-order valence-corrected chi connectivity index (χ0v) is 9.71. The van der Waals surface area contributed by atoms with Gasteiger partial charge >= 0.3 is 0 Å². The molecule has 3 nitrogen and oxygen atoms in total.